The highest BCUT2D eigenvalue weighted by Gasteiger charge is 2.38. The lowest BCUT2D eigenvalue weighted by molar-refractivity contribution is -0.138. The van der Waals surface area contributed by atoms with Gasteiger partial charge in [0.25, 0.3) is 0 Å². The van der Waals surface area contributed by atoms with Crippen LogP contribution < -0.4 is 16.0 Å². The standard InChI is InChI=1S/C27H41F3N4O5/c1-31-16-22(15-19-8-12-38-13-9-19)33-25(35)34-11-4-6-20(17-34)24-21(5-3-7-23(24)27(28,29)30)18-39-14-10-32-26(36)37-2/h3,5,7,19-20,22,31H,4,6,8-18H2,1-2H3,(H,32,36)(H,33,35)/t20-,22-/m0/s1. The number of hydrogen-bond donors (Lipinski definition) is 3. The predicted molar refractivity (Wildman–Crippen MR) is 139 cm³/mol. The van der Waals surface area contributed by atoms with E-state index in [1.165, 1.54) is 13.2 Å². The lowest BCUT2D eigenvalue weighted by atomic mass is 9.84. The van der Waals surface area contributed by atoms with Gasteiger partial charge in [-0.05, 0) is 62.3 Å². The van der Waals surface area contributed by atoms with Gasteiger partial charge in [0.2, 0.25) is 0 Å². The van der Waals surface area contributed by atoms with Gasteiger partial charge in [-0.3, -0.25) is 0 Å². The fourth-order valence-corrected chi connectivity index (χ4v) is 5.44. The Morgan fingerprint density at radius 1 is 1.21 bits per heavy atom. The quantitative estimate of drug-likeness (QED) is 0.357. The van der Waals surface area contributed by atoms with E-state index in [0.717, 1.165) is 38.5 Å². The number of nitrogens with zero attached hydrogens (tertiary/aromatic N) is 1. The van der Waals surface area contributed by atoms with Crippen LogP contribution in [0.4, 0.5) is 22.8 Å². The number of halogens is 3. The largest absolute Gasteiger partial charge is 0.453 e. The molecule has 2 aliphatic heterocycles. The summed E-state index contributed by atoms with van der Waals surface area (Å²) >= 11 is 0. The van der Waals surface area contributed by atoms with Crippen molar-refractivity contribution < 1.29 is 37.0 Å². The average molecular weight is 559 g/mol. The van der Waals surface area contributed by atoms with Gasteiger partial charge in [0, 0.05) is 51.4 Å². The highest BCUT2D eigenvalue weighted by molar-refractivity contribution is 5.74. The summed E-state index contributed by atoms with van der Waals surface area (Å²) in [6, 6.07) is 3.78. The minimum absolute atomic E-state index is 0.0415. The van der Waals surface area contributed by atoms with Crippen LogP contribution in [-0.4, -0.2) is 83.2 Å². The van der Waals surface area contributed by atoms with E-state index in [0.29, 0.717) is 37.4 Å². The topological polar surface area (TPSA) is 101 Å². The molecule has 2 atom stereocenters. The van der Waals surface area contributed by atoms with E-state index in [4.69, 9.17) is 9.47 Å². The molecule has 0 unspecified atom stereocenters. The molecule has 12 heteroatoms. The Bertz CT molecular complexity index is 927. The Labute approximate surface area is 228 Å². The van der Waals surface area contributed by atoms with Crippen LogP contribution in [-0.2, 0) is 27.0 Å². The molecule has 2 heterocycles. The maximum Gasteiger partial charge on any atom is 0.416 e. The van der Waals surface area contributed by atoms with Gasteiger partial charge < -0.3 is 35.1 Å². The van der Waals surface area contributed by atoms with E-state index in [2.05, 4.69) is 20.7 Å². The maximum absolute atomic E-state index is 14.1. The Morgan fingerprint density at radius 3 is 2.67 bits per heavy atom. The van der Waals surface area contributed by atoms with Gasteiger partial charge in [-0.1, -0.05) is 12.1 Å². The number of ether oxygens (including phenoxy) is 3. The molecule has 0 saturated carbocycles. The second-order valence-electron chi connectivity index (χ2n) is 10.1. The van der Waals surface area contributed by atoms with Gasteiger partial charge in [0.05, 0.1) is 25.9 Å². The highest BCUT2D eigenvalue weighted by atomic mass is 19.4. The van der Waals surface area contributed by atoms with E-state index in [1.54, 1.807) is 11.0 Å². The third kappa shape index (κ3) is 9.54. The van der Waals surface area contributed by atoms with E-state index in [9.17, 15) is 22.8 Å². The van der Waals surface area contributed by atoms with Gasteiger partial charge in [-0.25, -0.2) is 9.59 Å². The molecule has 0 aliphatic carbocycles. The van der Waals surface area contributed by atoms with Gasteiger partial charge in [0.15, 0.2) is 0 Å². The summed E-state index contributed by atoms with van der Waals surface area (Å²) in [6.07, 6.45) is -1.26. The molecule has 2 fully saturated rings. The number of likely N-dealkylation sites (tertiary alicyclic amines) is 1. The van der Waals surface area contributed by atoms with E-state index < -0.39 is 23.8 Å². The SMILES string of the molecule is CNC[C@H](CC1CCOCC1)NC(=O)N1CCC[C@H](c2c(COCCNC(=O)OC)cccc2C(F)(F)F)C1. The number of likely N-dealkylation sites (N-methyl/N-ethyl adjacent to an activating group) is 1. The van der Waals surface area contributed by atoms with Crippen LogP contribution in [0.15, 0.2) is 18.2 Å². The fraction of sp³-hybridized carbons (Fsp3) is 0.704. The predicted octanol–water partition coefficient (Wildman–Crippen LogP) is 3.87. The van der Waals surface area contributed by atoms with E-state index >= 15 is 0 Å². The van der Waals surface area contributed by atoms with Crippen LogP contribution in [0, 0.1) is 5.92 Å². The molecule has 0 radical (unpaired) electrons. The number of hydrogen-bond acceptors (Lipinski definition) is 6. The zero-order valence-electron chi connectivity index (χ0n) is 22.8. The third-order valence-electron chi connectivity index (χ3n) is 7.31. The summed E-state index contributed by atoms with van der Waals surface area (Å²) in [7, 11) is 3.08. The van der Waals surface area contributed by atoms with Crippen molar-refractivity contribution in [1.82, 2.24) is 20.9 Å². The van der Waals surface area contributed by atoms with Gasteiger partial charge in [0.1, 0.15) is 0 Å². The molecule has 2 aliphatic rings. The van der Waals surface area contributed by atoms with Crippen LogP contribution in [0.5, 0.6) is 0 Å². The van der Waals surface area contributed by atoms with Crippen molar-refractivity contribution in [3.8, 4) is 0 Å². The number of alkyl carbamates (subject to hydrolysis) is 1. The number of carbonyl (C=O) groups is 2. The first-order valence-electron chi connectivity index (χ1n) is 13.6. The van der Waals surface area contributed by atoms with Crippen molar-refractivity contribution in [3.63, 3.8) is 0 Å². The summed E-state index contributed by atoms with van der Waals surface area (Å²) in [5.74, 6) is -0.0112. The van der Waals surface area contributed by atoms with Crippen LogP contribution >= 0.6 is 0 Å². The molecule has 0 aromatic heterocycles. The monoisotopic (exact) mass is 558 g/mol. The number of rotatable bonds is 11. The number of methoxy groups -OCH3 is 1. The number of alkyl halides is 3. The van der Waals surface area contributed by atoms with Crippen molar-refractivity contribution in [2.24, 2.45) is 5.92 Å². The molecule has 9 nitrogen and oxygen atoms in total. The number of piperidine rings is 1. The minimum Gasteiger partial charge on any atom is -0.453 e. The number of benzene rings is 1. The fourth-order valence-electron chi connectivity index (χ4n) is 5.44. The molecule has 0 bridgehead atoms. The van der Waals surface area contributed by atoms with Crippen LogP contribution in [0.3, 0.4) is 0 Å². The summed E-state index contributed by atoms with van der Waals surface area (Å²) in [4.78, 5) is 26.1. The van der Waals surface area contributed by atoms with Gasteiger partial charge in [-0.2, -0.15) is 13.2 Å². The summed E-state index contributed by atoms with van der Waals surface area (Å²) in [5.41, 5.74) is -0.0868. The highest BCUT2D eigenvalue weighted by Crippen LogP contribution is 2.40. The lowest BCUT2D eigenvalue weighted by Gasteiger charge is -2.36. The first-order chi connectivity index (χ1) is 18.7. The van der Waals surface area contributed by atoms with Crippen molar-refractivity contribution in [3.05, 3.63) is 34.9 Å². The first kappa shape index (κ1) is 31.0. The third-order valence-corrected chi connectivity index (χ3v) is 7.31. The maximum atomic E-state index is 14.1. The molecule has 220 valence electrons. The molecule has 3 N–H and O–H groups in total. The van der Waals surface area contributed by atoms with E-state index in [1.807, 2.05) is 7.05 Å². The first-order valence-corrected chi connectivity index (χ1v) is 13.6. The molecular weight excluding hydrogens is 517 g/mol. The Balaban J connectivity index is 1.69. The zero-order valence-corrected chi connectivity index (χ0v) is 22.8. The Kier molecular flexibility index (Phi) is 12.1. The number of carbonyl (C=O) groups excluding carboxylic acids is 2. The molecule has 1 aromatic rings. The molecule has 3 amide bonds. The second-order valence-corrected chi connectivity index (χ2v) is 10.1. The number of urea groups is 1. The van der Waals surface area contributed by atoms with Crippen LogP contribution in [0.2, 0.25) is 0 Å². The molecular formula is C27H41F3N4O5. The number of nitrogens with one attached hydrogen (secondary N) is 3. The molecule has 0 spiro atoms. The second kappa shape index (κ2) is 15.3. The van der Waals surface area contributed by atoms with E-state index in [-0.39, 0.29) is 43.9 Å². The lowest BCUT2D eigenvalue weighted by Crippen LogP contribution is -2.51. The average Bonchev–Trinajstić information content (AvgIpc) is 2.92. The van der Waals surface area contributed by atoms with Gasteiger partial charge >= 0.3 is 18.3 Å². The molecule has 39 heavy (non-hydrogen) atoms. The minimum atomic E-state index is -4.54. The smallest absolute Gasteiger partial charge is 0.416 e. The normalized spacial score (nSPS) is 19.4. The Morgan fingerprint density at radius 2 is 1.97 bits per heavy atom. The van der Waals surface area contributed by atoms with Crippen molar-refractivity contribution in [2.45, 2.75) is 56.8 Å². The summed E-state index contributed by atoms with van der Waals surface area (Å²) in [5, 5.41) is 8.73. The number of amides is 3. The molecule has 2 saturated heterocycles. The summed E-state index contributed by atoms with van der Waals surface area (Å²) in [6.45, 7) is 2.99. The van der Waals surface area contributed by atoms with Crippen molar-refractivity contribution in [1.29, 1.82) is 0 Å². The summed E-state index contributed by atoms with van der Waals surface area (Å²) < 4.78 is 57.8. The molecule has 3 rings (SSSR count). The Hall–Kier alpha value is -2.57. The molecule has 1 aromatic carbocycles. The van der Waals surface area contributed by atoms with Crippen molar-refractivity contribution in [2.75, 3.05) is 60.2 Å². The van der Waals surface area contributed by atoms with Gasteiger partial charge in [-0.15, -0.1) is 0 Å². The van der Waals surface area contributed by atoms with Crippen LogP contribution in [0.25, 0.3) is 0 Å². The van der Waals surface area contributed by atoms with Crippen LogP contribution in [0.1, 0.15) is 54.7 Å². The zero-order chi connectivity index (χ0) is 28.3. The van der Waals surface area contributed by atoms with Crippen molar-refractivity contribution >= 4 is 12.1 Å².